The summed E-state index contributed by atoms with van der Waals surface area (Å²) in [4.78, 5) is 0. The molecule has 0 aliphatic heterocycles. The van der Waals surface area contributed by atoms with E-state index in [1.165, 1.54) is 6.07 Å². The van der Waals surface area contributed by atoms with Crippen LogP contribution >= 0.6 is 23.2 Å². The number of anilines is 1. The van der Waals surface area contributed by atoms with E-state index in [0.717, 1.165) is 12.0 Å². The number of halogens is 3. The zero-order valence-corrected chi connectivity index (χ0v) is 12.8. The average molecular weight is 323 g/mol. The van der Waals surface area contributed by atoms with Crippen LogP contribution in [0.5, 0.6) is 0 Å². The summed E-state index contributed by atoms with van der Waals surface area (Å²) >= 11 is 11.9. The molecule has 0 spiro atoms. The summed E-state index contributed by atoms with van der Waals surface area (Å²) in [6.07, 6.45) is 0.747. The van der Waals surface area contributed by atoms with Crippen molar-refractivity contribution in [3.63, 3.8) is 0 Å². The third-order valence-electron chi connectivity index (χ3n) is 3.18. The molecule has 0 saturated carbocycles. The lowest BCUT2D eigenvalue weighted by Gasteiger charge is -2.19. The number of nitriles is 1. The van der Waals surface area contributed by atoms with Gasteiger partial charge in [-0.1, -0.05) is 36.2 Å². The molecule has 0 radical (unpaired) electrons. The van der Waals surface area contributed by atoms with Gasteiger partial charge in [0.15, 0.2) is 0 Å². The van der Waals surface area contributed by atoms with Crippen molar-refractivity contribution in [1.82, 2.24) is 0 Å². The molecule has 5 heteroatoms. The smallest absolute Gasteiger partial charge is 0.147 e. The van der Waals surface area contributed by atoms with Gasteiger partial charge in [0, 0.05) is 0 Å². The molecule has 2 rings (SSSR count). The second kappa shape index (κ2) is 6.80. The highest BCUT2D eigenvalue weighted by Crippen LogP contribution is 2.29. The summed E-state index contributed by atoms with van der Waals surface area (Å²) in [5.41, 5.74) is 1.57. The van der Waals surface area contributed by atoms with Gasteiger partial charge in [-0.2, -0.15) is 5.26 Å². The molecule has 108 valence electrons. The van der Waals surface area contributed by atoms with E-state index in [-0.39, 0.29) is 6.04 Å². The van der Waals surface area contributed by atoms with E-state index in [4.69, 9.17) is 28.5 Å². The Bertz CT molecular complexity index is 695. The van der Waals surface area contributed by atoms with Gasteiger partial charge >= 0.3 is 0 Å². The SMILES string of the molecule is CCC(Nc1ccc(C#N)cc1F)c1ccc(Cl)c(Cl)c1. The Balaban J connectivity index is 2.27. The van der Waals surface area contributed by atoms with Crippen LogP contribution in [-0.2, 0) is 0 Å². The summed E-state index contributed by atoms with van der Waals surface area (Å²) in [6, 6.07) is 11.5. The molecule has 0 amide bonds. The van der Waals surface area contributed by atoms with Crippen LogP contribution in [-0.4, -0.2) is 0 Å². The van der Waals surface area contributed by atoms with Crippen LogP contribution in [0.25, 0.3) is 0 Å². The second-order valence-electron chi connectivity index (χ2n) is 4.59. The second-order valence-corrected chi connectivity index (χ2v) is 5.40. The maximum absolute atomic E-state index is 13.9. The lowest BCUT2D eigenvalue weighted by Crippen LogP contribution is -2.11. The molecule has 2 aromatic rings. The summed E-state index contributed by atoms with van der Waals surface area (Å²) < 4.78 is 13.9. The van der Waals surface area contributed by atoms with Gasteiger partial charge in [-0.05, 0) is 42.3 Å². The van der Waals surface area contributed by atoms with Gasteiger partial charge in [-0.15, -0.1) is 0 Å². The van der Waals surface area contributed by atoms with Gasteiger partial charge in [-0.3, -0.25) is 0 Å². The van der Waals surface area contributed by atoms with E-state index in [1.54, 1.807) is 24.3 Å². The van der Waals surface area contributed by atoms with Gasteiger partial charge in [0.1, 0.15) is 5.82 Å². The average Bonchev–Trinajstić information content (AvgIpc) is 2.49. The predicted molar refractivity (Wildman–Crippen MR) is 84.2 cm³/mol. The molecule has 0 heterocycles. The highest BCUT2D eigenvalue weighted by molar-refractivity contribution is 6.42. The van der Waals surface area contributed by atoms with Crippen molar-refractivity contribution in [1.29, 1.82) is 5.26 Å². The summed E-state index contributed by atoms with van der Waals surface area (Å²) in [6.45, 7) is 1.99. The molecule has 1 N–H and O–H groups in total. The predicted octanol–water partition coefficient (Wildman–Crippen LogP) is 5.57. The Morgan fingerprint density at radius 2 is 1.95 bits per heavy atom. The van der Waals surface area contributed by atoms with E-state index < -0.39 is 5.82 Å². The van der Waals surface area contributed by atoms with Crippen molar-refractivity contribution in [2.75, 3.05) is 5.32 Å². The molecule has 21 heavy (non-hydrogen) atoms. The molecule has 0 aliphatic rings. The van der Waals surface area contributed by atoms with Crippen molar-refractivity contribution < 1.29 is 4.39 Å². The Morgan fingerprint density at radius 3 is 2.52 bits per heavy atom. The van der Waals surface area contributed by atoms with Crippen LogP contribution in [0, 0.1) is 17.1 Å². The Labute approximate surface area is 133 Å². The molecule has 1 atom stereocenters. The summed E-state index contributed by atoms with van der Waals surface area (Å²) in [7, 11) is 0. The standard InChI is InChI=1S/C16H13Cl2FN2/c1-2-15(11-4-5-12(17)13(18)8-11)21-16-6-3-10(9-20)7-14(16)19/h3-8,15,21H,2H2,1H3. The van der Waals surface area contributed by atoms with Crippen molar-refractivity contribution >= 4 is 28.9 Å². The van der Waals surface area contributed by atoms with Gasteiger partial charge in [0.25, 0.3) is 0 Å². The number of rotatable bonds is 4. The molecule has 0 aromatic heterocycles. The molecule has 2 aromatic carbocycles. The fraction of sp³-hybridized carbons (Fsp3) is 0.188. The van der Waals surface area contributed by atoms with E-state index in [9.17, 15) is 4.39 Å². The van der Waals surface area contributed by atoms with Crippen LogP contribution in [0.4, 0.5) is 10.1 Å². The first-order valence-corrected chi connectivity index (χ1v) is 7.22. The number of hydrogen-bond acceptors (Lipinski definition) is 2. The molecule has 0 bridgehead atoms. The van der Waals surface area contributed by atoms with Crippen molar-refractivity contribution in [3.05, 3.63) is 63.4 Å². The highest BCUT2D eigenvalue weighted by Gasteiger charge is 2.13. The minimum absolute atomic E-state index is 0.0952. The molecular weight excluding hydrogens is 310 g/mol. The minimum Gasteiger partial charge on any atom is -0.376 e. The van der Waals surface area contributed by atoms with Crippen LogP contribution in [0.2, 0.25) is 10.0 Å². The molecule has 0 aliphatic carbocycles. The van der Waals surface area contributed by atoms with Crippen molar-refractivity contribution in [2.24, 2.45) is 0 Å². The maximum atomic E-state index is 13.9. The van der Waals surface area contributed by atoms with E-state index in [1.807, 2.05) is 19.1 Å². The fourth-order valence-corrected chi connectivity index (χ4v) is 2.35. The third-order valence-corrected chi connectivity index (χ3v) is 3.92. The Hall–Kier alpha value is -1.76. The molecular formula is C16H13Cl2FN2. The van der Waals surface area contributed by atoms with Crippen LogP contribution in [0.3, 0.4) is 0 Å². The molecule has 2 nitrogen and oxygen atoms in total. The number of nitrogens with one attached hydrogen (secondary N) is 1. The van der Waals surface area contributed by atoms with Gasteiger partial charge in [-0.25, -0.2) is 4.39 Å². The first kappa shape index (κ1) is 15.6. The molecule has 0 saturated heterocycles. The first-order chi connectivity index (χ1) is 10.0. The number of benzene rings is 2. The lowest BCUT2D eigenvalue weighted by molar-refractivity contribution is 0.623. The Kier molecular flexibility index (Phi) is 5.06. The summed E-state index contributed by atoms with van der Waals surface area (Å²) in [5.74, 6) is -0.451. The largest absolute Gasteiger partial charge is 0.376 e. The van der Waals surface area contributed by atoms with E-state index in [2.05, 4.69) is 5.32 Å². The van der Waals surface area contributed by atoms with Crippen LogP contribution < -0.4 is 5.32 Å². The van der Waals surface area contributed by atoms with Crippen molar-refractivity contribution in [2.45, 2.75) is 19.4 Å². The quantitative estimate of drug-likeness (QED) is 0.798. The monoisotopic (exact) mass is 322 g/mol. The minimum atomic E-state index is -0.451. The van der Waals surface area contributed by atoms with Gasteiger partial charge in [0.05, 0.1) is 33.4 Å². The first-order valence-electron chi connectivity index (χ1n) is 6.46. The van der Waals surface area contributed by atoms with Gasteiger partial charge < -0.3 is 5.32 Å². The van der Waals surface area contributed by atoms with Crippen LogP contribution in [0.15, 0.2) is 36.4 Å². The van der Waals surface area contributed by atoms with E-state index >= 15 is 0 Å². The van der Waals surface area contributed by atoms with E-state index in [0.29, 0.717) is 21.3 Å². The number of nitrogens with zero attached hydrogens (tertiary/aromatic N) is 1. The summed E-state index contributed by atoms with van der Waals surface area (Å²) in [5, 5.41) is 12.8. The zero-order valence-electron chi connectivity index (χ0n) is 11.3. The molecule has 0 fully saturated rings. The highest BCUT2D eigenvalue weighted by atomic mass is 35.5. The maximum Gasteiger partial charge on any atom is 0.147 e. The fourth-order valence-electron chi connectivity index (χ4n) is 2.04. The normalized spacial score (nSPS) is 11.8. The third kappa shape index (κ3) is 3.66. The lowest BCUT2D eigenvalue weighted by atomic mass is 10.0. The topological polar surface area (TPSA) is 35.8 Å². The van der Waals surface area contributed by atoms with Crippen molar-refractivity contribution in [3.8, 4) is 6.07 Å². The number of hydrogen-bond donors (Lipinski definition) is 1. The van der Waals surface area contributed by atoms with Gasteiger partial charge in [0.2, 0.25) is 0 Å². The Morgan fingerprint density at radius 1 is 1.19 bits per heavy atom. The zero-order chi connectivity index (χ0) is 15.4. The van der Waals surface area contributed by atoms with Crippen LogP contribution in [0.1, 0.15) is 30.5 Å². The molecule has 1 unspecified atom stereocenters.